The second-order valence-electron chi connectivity index (χ2n) is 4.89. The van der Waals surface area contributed by atoms with Crippen LogP contribution < -0.4 is 10.9 Å². The summed E-state index contributed by atoms with van der Waals surface area (Å²) in [6.07, 6.45) is 1.17. The summed E-state index contributed by atoms with van der Waals surface area (Å²) in [6.45, 7) is 2.32. The average Bonchev–Trinajstić information content (AvgIpc) is 2.99. The molecule has 0 fully saturated rings. The third-order valence-electron chi connectivity index (χ3n) is 3.24. The van der Waals surface area contributed by atoms with E-state index in [0.717, 1.165) is 10.1 Å². The van der Waals surface area contributed by atoms with Crippen LogP contribution >= 0.6 is 11.6 Å². The second-order valence-corrected chi connectivity index (χ2v) is 5.32. The average molecular weight is 348 g/mol. The number of benzene rings is 1. The van der Waals surface area contributed by atoms with Gasteiger partial charge in [-0.1, -0.05) is 23.7 Å². The van der Waals surface area contributed by atoms with Crippen molar-refractivity contribution in [3.8, 4) is 0 Å². The van der Waals surface area contributed by atoms with E-state index in [1.54, 1.807) is 19.1 Å². The van der Waals surface area contributed by atoms with Crippen molar-refractivity contribution in [1.82, 2.24) is 19.6 Å². The van der Waals surface area contributed by atoms with E-state index in [-0.39, 0.29) is 17.9 Å². The molecule has 24 heavy (non-hydrogen) atoms. The molecule has 124 valence electrons. The standard InChI is InChI=1S/C15H14ClN5O3/c1-2-24-13(23)11-8-18-15-19-14(20-21(15)12(11)22)17-7-9-3-5-10(16)6-4-9/h3-6,8H,2,7H2,1H3,(H2,17,18,19,20). The third kappa shape index (κ3) is 3.23. The molecule has 0 amide bonds. The molecule has 3 rings (SSSR count). The van der Waals surface area contributed by atoms with Gasteiger partial charge in [0.05, 0.1) is 12.8 Å². The number of ether oxygens (including phenoxy) is 1. The number of H-pyrrole nitrogens is 1. The molecule has 2 N–H and O–H groups in total. The van der Waals surface area contributed by atoms with Crippen LogP contribution in [0.3, 0.4) is 0 Å². The van der Waals surface area contributed by atoms with Gasteiger partial charge >= 0.3 is 5.97 Å². The first-order chi connectivity index (χ1) is 11.6. The van der Waals surface area contributed by atoms with Crippen LogP contribution in [0.4, 0.5) is 5.95 Å². The van der Waals surface area contributed by atoms with Gasteiger partial charge in [-0.05, 0) is 24.6 Å². The first-order valence-electron chi connectivity index (χ1n) is 7.21. The minimum atomic E-state index is -0.713. The monoisotopic (exact) mass is 347 g/mol. The highest BCUT2D eigenvalue weighted by atomic mass is 35.5. The molecule has 0 unspecified atom stereocenters. The molecule has 0 aliphatic heterocycles. The minimum absolute atomic E-state index is 0.151. The van der Waals surface area contributed by atoms with Crippen LogP contribution in [0, 0.1) is 0 Å². The van der Waals surface area contributed by atoms with Gasteiger partial charge in [0.15, 0.2) is 0 Å². The van der Waals surface area contributed by atoms with Gasteiger partial charge in [0, 0.05) is 11.6 Å². The Bertz CT molecular complexity index is 932. The van der Waals surface area contributed by atoms with Gasteiger partial charge in [0.1, 0.15) is 5.56 Å². The van der Waals surface area contributed by atoms with Crippen molar-refractivity contribution in [2.45, 2.75) is 13.5 Å². The van der Waals surface area contributed by atoms with Crippen molar-refractivity contribution in [2.24, 2.45) is 0 Å². The lowest BCUT2D eigenvalue weighted by Crippen LogP contribution is -2.24. The summed E-state index contributed by atoms with van der Waals surface area (Å²) >= 11 is 5.84. The van der Waals surface area contributed by atoms with Crippen molar-refractivity contribution in [3.05, 3.63) is 57.0 Å². The quantitative estimate of drug-likeness (QED) is 0.683. The molecule has 0 saturated heterocycles. The van der Waals surface area contributed by atoms with E-state index < -0.39 is 11.5 Å². The normalized spacial score (nSPS) is 10.8. The van der Waals surface area contributed by atoms with Crippen molar-refractivity contribution in [2.75, 3.05) is 11.9 Å². The third-order valence-corrected chi connectivity index (χ3v) is 3.49. The fraction of sp³-hybridized carbons (Fsp3) is 0.200. The molecule has 0 aliphatic rings. The van der Waals surface area contributed by atoms with Gasteiger partial charge in [0.25, 0.3) is 11.3 Å². The number of halogens is 1. The first-order valence-corrected chi connectivity index (χ1v) is 7.59. The topological polar surface area (TPSA) is 101 Å². The number of hydrogen-bond acceptors (Lipinski definition) is 6. The Kier molecular flexibility index (Phi) is 4.48. The number of nitrogens with one attached hydrogen (secondary N) is 2. The Morgan fingerprint density at radius 2 is 2.12 bits per heavy atom. The summed E-state index contributed by atoms with van der Waals surface area (Å²) in [5.74, 6) is -0.197. The lowest BCUT2D eigenvalue weighted by molar-refractivity contribution is 0.0523. The summed E-state index contributed by atoms with van der Waals surface area (Å²) in [6, 6.07) is 7.33. The molecular weight excluding hydrogens is 334 g/mol. The molecule has 3 aromatic rings. The zero-order chi connectivity index (χ0) is 17.1. The molecule has 1 aromatic carbocycles. The molecule has 0 radical (unpaired) electrons. The summed E-state index contributed by atoms with van der Waals surface area (Å²) in [5.41, 5.74) is 0.278. The Balaban J connectivity index is 1.83. The second kappa shape index (κ2) is 6.71. The van der Waals surface area contributed by atoms with Gasteiger partial charge in [-0.25, -0.2) is 9.78 Å². The highest BCUT2D eigenvalue weighted by Gasteiger charge is 2.16. The Morgan fingerprint density at radius 1 is 1.38 bits per heavy atom. The fourth-order valence-electron chi connectivity index (χ4n) is 2.07. The lowest BCUT2D eigenvalue weighted by atomic mass is 10.2. The predicted octanol–water partition coefficient (Wildman–Crippen LogP) is 1.86. The van der Waals surface area contributed by atoms with E-state index in [1.165, 1.54) is 6.20 Å². The van der Waals surface area contributed by atoms with Crippen LogP contribution in [0.5, 0.6) is 0 Å². The van der Waals surface area contributed by atoms with Crippen molar-refractivity contribution < 1.29 is 9.53 Å². The van der Waals surface area contributed by atoms with Crippen LogP contribution in [0.15, 0.2) is 35.3 Å². The maximum absolute atomic E-state index is 12.3. The van der Waals surface area contributed by atoms with Crippen LogP contribution in [-0.2, 0) is 11.3 Å². The molecule has 2 aromatic heterocycles. The predicted molar refractivity (Wildman–Crippen MR) is 88.3 cm³/mol. The SMILES string of the molecule is CCOC(=O)c1cnc2nc(NCc3ccc(Cl)cc3)[nH]n2c1=O. The molecule has 0 saturated carbocycles. The zero-order valence-corrected chi connectivity index (χ0v) is 13.5. The fourth-order valence-corrected chi connectivity index (χ4v) is 2.20. The Hall–Kier alpha value is -2.87. The molecule has 0 atom stereocenters. The van der Waals surface area contributed by atoms with E-state index in [2.05, 4.69) is 20.4 Å². The summed E-state index contributed by atoms with van der Waals surface area (Å²) in [4.78, 5) is 32.2. The number of aromatic nitrogens is 4. The molecule has 8 nitrogen and oxygen atoms in total. The summed E-state index contributed by atoms with van der Waals surface area (Å²) < 4.78 is 5.92. The maximum atomic E-state index is 12.3. The van der Waals surface area contributed by atoms with Crippen LogP contribution in [-0.4, -0.2) is 32.2 Å². The van der Waals surface area contributed by atoms with E-state index in [1.807, 2.05) is 12.1 Å². The highest BCUT2D eigenvalue weighted by Crippen LogP contribution is 2.11. The number of anilines is 1. The molecule has 0 spiro atoms. The van der Waals surface area contributed by atoms with E-state index in [0.29, 0.717) is 17.5 Å². The Morgan fingerprint density at radius 3 is 2.83 bits per heavy atom. The van der Waals surface area contributed by atoms with Gasteiger partial charge in [0.2, 0.25) is 5.95 Å². The van der Waals surface area contributed by atoms with Crippen molar-refractivity contribution >= 4 is 29.3 Å². The molecule has 2 heterocycles. The number of esters is 1. The maximum Gasteiger partial charge on any atom is 0.345 e. The minimum Gasteiger partial charge on any atom is -0.462 e. The van der Waals surface area contributed by atoms with Crippen LogP contribution in [0.1, 0.15) is 22.8 Å². The number of nitrogens with zero attached hydrogens (tertiary/aromatic N) is 3. The molecular formula is C15H14ClN5O3. The smallest absolute Gasteiger partial charge is 0.345 e. The van der Waals surface area contributed by atoms with Crippen molar-refractivity contribution in [1.29, 1.82) is 0 Å². The van der Waals surface area contributed by atoms with Gasteiger partial charge < -0.3 is 10.1 Å². The van der Waals surface area contributed by atoms with E-state index in [9.17, 15) is 9.59 Å². The largest absolute Gasteiger partial charge is 0.462 e. The molecule has 0 aliphatic carbocycles. The summed E-state index contributed by atoms with van der Waals surface area (Å²) in [7, 11) is 0. The first kappa shape index (κ1) is 16.0. The number of carbonyl (C=O) groups excluding carboxylic acids is 1. The number of aromatic amines is 1. The number of hydrogen-bond donors (Lipinski definition) is 2. The summed E-state index contributed by atoms with van der Waals surface area (Å²) in [5, 5.41) is 6.47. The number of fused-ring (bicyclic) bond motifs is 1. The molecule has 9 heteroatoms. The van der Waals surface area contributed by atoms with Gasteiger partial charge in [-0.2, -0.15) is 9.50 Å². The Labute approximate surface area is 141 Å². The van der Waals surface area contributed by atoms with Gasteiger partial charge in [-0.15, -0.1) is 0 Å². The highest BCUT2D eigenvalue weighted by molar-refractivity contribution is 6.30. The van der Waals surface area contributed by atoms with E-state index >= 15 is 0 Å². The van der Waals surface area contributed by atoms with Crippen LogP contribution in [0.25, 0.3) is 5.78 Å². The molecule has 0 bridgehead atoms. The number of rotatable bonds is 5. The van der Waals surface area contributed by atoms with Crippen LogP contribution in [0.2, 0.25) is 5.02 Å². The number of carbonyl (C=O) groups is 1. The van der Waals surface area contributed by atoms with E-state index in [4.69, 9.17) is 16.3 Å². The van der Waals surface area contributed by atoms with Crippen molar-refractivity contribution in [3.63, 3.8) is 0 Å². The lowest BCUT2D eigenvalue weighted by Gasteiger charge is -2.02. The van der Waals surface area contributed by atoms with Gasteiger partial charge in [-0.3, -0.25) is 9.89 Å². The zero-order valence-electron chi connectivity index (χ0n) is 12.7.